The highest BCUT2D eigenvalue weighted by molar-refractivity contribution is 7.23. The normalized spacial score (nSPS) is 12.6. The number of ether oxygens (including phenoxy) is 1. The van der Waals surface area contributed by atoms with Gasteiger partial charge in [0.1, 0.15) is 6.10 Å². The van der Waals surface area contributed by atoms with Crippen LogP contribution in [0.2, 0.25) is 5.02 Å². The molecule has 7 heteroatoms. The lowest BCUT2D eigenvalue weighted by Crippen LogP contribution is -2.12. The minimum atomic E-state index is -1.04. The number of carbonyl (C=O) groups excluding carboxylic acids is 1. The molecule has 0 fully saturated rings. The number of aromatic nitrogens is 2. The fourth-order valence-corrected chi connectivity index (χ4v) is 4.30. The molecule has 2 aromatic heterocycles. The first kappa shape index (κ1) is 18.0. The van der Waals surface area contributed by atoms with Crippen LogP contribution in [0.1, 0.15) is 25.1 Å². The molecule has 0 radical (unpaired) electrons. The Morgan fingerprint density at radius 2 is 2.00 bits per heavy atom. The Labute approximate surface area is 164 Å². The number of fused-ring (bicyclic) bond motifs is 3. The van der Waals surface area contributed by atoms with E-state index in [0.717, 1.165) is 20.7 Å². The molecule has 138 valence electrons. The lowest BCUT2D eigenvalue weighted by Gasteiger charge is -2.12. The minimum Gasteiger partial charge on any atom is -0.466 e. The molecule has 1 atom stereocenters. The molecule has 0 saturated heterocycles. The quantitative estimate of drug-likeness (QED) is 0.486. The fourth-order valence-electron chi connectivity index (χ4n) is 3.14. The first-order valence-electron chi connectivity index (χ1n) is 8.58. The van der Waals surface area contributed by atoms with Crippen molar-refractivity contribution in [2.75, 3.05) is 6.61 Å². The number of nitrogens with zero attached hydrogens (tertiary/aromatic N) is 2. The third-order valence-electron chi connectivity index (χ3n) is 4.29. The maximum absolute atomic E-state index is 12.0. The smallest absolute Gasteiger partial charge is 0.308 e. The van der Waals surface area contributed by atoms with Crippen molar-refractivity contribution in [3.63, 3.8) is 0 Å². The Kier molecular flexibility index (Phi) is 4.86. The van der Waals surface area contributed by atoms with Crippen molar-refractivity contribution < 1.29 is 14.6 Å². The first-order chi connectivity index (χ1) is 13.1. The zero-order chi connectivity index (χ0) is 19.0. The Hall–Kier alpha value is -2.41. The fraction of sp³-hybridized carbons (Fsp3) is 0.200. The molecule has 4 rings (SSSR count). The molecule has 1 unspecified atom stereocenters. The minimum absolute atomic E-state index is 0.133. The number of aliphatic hydroxyl groups is 1. The highest BCUT2D eigenvalue weighted by Crippen LogP contribution is 2.37. The zero-order valence-corrected chi connectivity index (χ0v) is 16.1. The van der Waals surface area contributed by atoms with Gasteiger partial charge in [-0.3, -0.25) is 9.20 Å². The molecular weight excluding hydrogens is 384 g/mol. The lowest BCUT2D eigenvalue weighted by atomic mass is 10.1. The van der Waals surface area contributed by atoms with E-state index in [1.807, 2.05) is 40.8 Å². The van der Waals surface area contributed by atoms with Crippen LogP contribution in [-0.4, -0.2) is 27.1 Å². The summed E-state index contributed by atoms with van der Waals surface area (Å²) < 4.78 is 8.00. The number of imidazole rings is 1. The summed E-state index contributed by atoms with van der Waals surface area (Å²) in [5.41, 5.74) is 3.00. The molecule has 0 bridgehead atoms. The first-order valence-corrected chi connectivity index (χ1v) is 9.77. The summed E-state index contributed by atoms with van der Waals surface area (Å²) in [7, 11) is 0. The van der Waals surface area contributed by atoms with Crippen molar-refractivity contribution in [2.24, 2.45) is 0 Å². The molecule has 0 aliphatic carbocycles. The number of thiazole rings is 1. The van der Waals surface area contributed by atoms with E-state index in [4.69, 9.17) is 21.3 Å². The molecule has 0 saturated carbocycles. The van der Waals surface area contributed by atoms with Crippen molar-refractivity contribution in [1.82, 2.24) is 9.38 Å². The molecule has 4 aromatic rings. The predicted molar refractivity (Wildman–Crippen MR) is 107 cm³/mol. The number of aliphatic hydroxyl groups excluding tert-OH is 1. The second-order valence-corrected chi connectivity index (χ2v) is 7.51. The highest BCUT2D eigenvalue weighted by atomic mass is 35.5. The summed E-state index contributed by atoms with van der Waals surface area (Å²) in [6.07, 6.45) is -1.17. The third kappa shape index (κ3) is 3.32. The largest absolute Gasteiger partial charge is 0.466 e. The molecule has 1 N–H and O–H groups in total. The molecule has 2 aromatic carbocycles. The Morgan fingerprint density at radius 1 is 1.26 bits per heavy atom. The molecule has 2 heterocycles. The lowest BCUT2D eigenvalue weighted by molar-refractivity contribution is -0.145. The van der Waals surface area contributed by atoms with Crippen LogP contribution >= 0.6 is 22.9 Å². The van der Waals surface area contributed by atoms with Crippen LogP contribution in [0.3, 0.4) is 0 Å². The predicted octanol–water partition coefficient (Wildman–Crippen LogP) is 4.86. The van der Waals surface area contributed by atoms with Crippen molar-refractivity contribution in [3.05, 3.63) is 59.2 Å². The van der Waals surface area contributed by atoms with Gasteiger partial charge in [0.25, 0.3) is 0 Å². The second kappa shape index (κ2) is 7.31. The van der Waals surface area contributed by atoms with Crippen molar-refractivity contribution in [3.8, 4) is 11.3 Å². The van der Waals surface area contributed by atoms with Gasteiger partial charge in [-0.25, -0.2) is 4.98 Å². The van der Waals surface area contributed by atoms with E-state index in [1.165, 1.54) is 11.3 Å². The number of hydrogen-bond donors (Lipinski definition) is 1. The SMILES string of the molecule is CCOC(=O)CC(O)c1c(-c2ccc(Cl)cc2)nc2sc3ccccc3n12. The maximum Gasteiger partial charge on any atom is 0.308 e. The van der Waals surface area contributed by atoms with Gasteiger partial charge in [-0.2, -0.15) is 0 Å². The summed E-state index contributed by atoms with van der Waals surface area (Å²) in [5.74, 6) is -0.443. The molecule has 5 nitrogen and oxygen atoms in total. The van der Waals surface area contributed by atoms with Crippen LogP contribution in [0.15, 0.2) is 48.5 Å². The van der Waals surface area contributed by atoms with Crippen LogP contribution in [0.25, 0.3) is 26.4 Å². The van der Waals surface area contributed by atoms with E-state index >= 15 is 0 Å². The van der Waals surface area contributed by atoms with Gasteiger partial charge in [0.05, 0.1) is 34.6 Å². The number of carbonyl (C=O) groups is 1. The highest BCUT2D eigenvalue weighted by Gasteiger charge is 2.26. The number of halogens is 1. The number of para-hydroxylation sites is 1. The van der Waals surface area contributed by atoms with E-state index in [0.29, 0.717) is 16.4 Å². The van der Waals surface area contributed by atoms with Crippen molar-refractivity contribution >= 4 is 44.1 Å². The zero-order valence-electron chi connectivity index (χ0n) is 14.6. The Balaban J connectivity index is 1.91. The van der Waals surface area contributed by atoms with Crippen LogP contribution in [0.4, 0.5) is 0 Å². The Bertz CT molecular complexity index is 1120. The summed E-state index contributed by atoms with van der Waals surface area (Å²) in [5, 5.41) is 11.5. The topological polar surface area (TPSA) is 63.8 Å². The number of esters is 1. The van der Waals surface area contributed by atoms with Gasteiger partial charge in [0.2, 0.25) is 0 Å². The summed E-state index contributed by atoms with van der Waals surface area (Å²) in [6.45, 7) is 2.02. The van der Waals surface area contributed by atoms with Crippen LogP contribution in [0, 0.1) is 0 Å². The number of benzene rings is 2. The Morgan fingerprint density at radius 3 is 2.74 bits per heavy atom. The summed E-state index contributed by atoms with van der Waals surface area (Å²) >= 11 is 7.55. The monoisotopic (exact) mass is 400 g/mol. The van der Waals surface area contributed by atoms with E-state index in [9.17, 15) is 9.90 Å². The molecule has 0 spiro atoms. The van der Waals surface area contributed by atoms with E-state index in [1.54, 1.807) is 19.1 Å². The van der Waals surface area contributed by atoms with Gasteiger partial charge >= 0.3 is 5.97 Å². The van der Waals surface area contributed by atoms with Gasteiger partial charge in [-0.1, -0.05) is 47.2 Å². The van der Waals surface area contributed by atoms with Gasteiger partial charge in [-0.15, -0.1) is 0 Å². The van der Waals surface area contributed by atoms with Crippen LogP contribution in [-0.2, 0) is 9.53 Å². The van der Waals surface area contributed by atoms with Gasteiger partial charge < -0.3 is 9.84 Å². The van der Waals surface area contributed by atoms with E-state index < -0.39 is 12.1 Å². The summed E-state index contributed by atoms with van der Waals surface area (Å²) in [4.78, 5) is 17.5. The van der Waals surface area contributed by atoms with Gasteiger partial charge in [-0.05, 0) is 31.2 Å². The van der Waals surface area contributed by atoms with E-state index in [2.05, 4.69) is 0 Å². The second-order valence-electron chi connectivity index (χ2n) is 6.07. The van der Waals surface area contributed by atoms with Gasteiger partial charge in [0.15, 0.2) is 4.96 Å². The maximum atomic E-state index is 12.0. The molecular formula is C20H17ClN2O3S. The molecule has 0 aliphatic rings. The van der Waals surface area contributed by atoms with Crippen LogP contribution in [0.5, 0.6) is 0 Å². The molecule has 0 amide bonds. The van der Waals surface area contributed by atoms with Crippen molar-refractivity contribution in [1.29, 1.82) is 0 Å². The number of hydrogen-bond acceptors (Lipinski definition) is 5. The molecule has 27 heavy (non-hydrogen) atoms. The average molecular weight is 401 g/mol. The van der Waals surface area contributed by atoms with Gasteiger partial charge in [0, 0.05) is 10.6 Å². The number of rotatable bonds is 5. The van der Waals surface area contributed by atoms with Crippen LogP contribution < -0.4 is 0 Å². The van der Waals surface area contributed by atoms with Crippen molar-refractivity contribution in [2.45, 2.75) is 19.4 Å². The standard InChI is InChI=1S/C20H17ClN2O3S/c1-2-26-17(25)11-15(24)19-18(12-7-9-13(21)10-8-12)22-20-23(19)14-5-3-4-6-16(14)27-20/h3-10,15,24H,2,11H2,1H3. The third-order valence-corrected chi connectivity index (χ3v) is 5.56. The van der Waals surface area contributed by atoms with E-state index in [-0.39, 0.29) is 13.0 Å². The molecule has 0 aliphatic heterocycles. The average Bonchev–Trinajstić information content (AvgIpc) is 3.18. The summed E-state index contributed by atoms with van der Waals surface area (Å²) in [6, 6.07) is 15.2.